The van der Waals surface area contributed by atoms with Gasteiger partial charge in [0.15, 0.2) is 0 Å². The molecule has 0 aliphatic carbocycles. The Bertz CT molecular complexity index is 648. The molecule has 1 aromatic heterocycles. The van der Waals surface area contributed by atoms with Crippen LogP contribution in [0.15, 0.2) is 42.9 Å². The minimum Gasteiger partial charge on any atom is -0.437 e. The molecular formula is C16H18N4O2. The Kier molecular flexibility index (Phi) is 4.29. The lowest BCUT2D eigenvalue weighted by atomic mass is 10.1. The van der Waals surface area contributed by atoms with Crippen LogP contribution in [0.2, 0.25) is 0 Å². The lowest BCUT2D eigenvalue weighted by Gasteiger charge is -2.32. The van der Waals surface area contributed by atoms with Gasteiger partial charge in [0, 0.05) is 43.6 Å². The third-order valence-corrected chi connectivity index (χ3v) is 3.50. The predicted molar refractivity (Wildman–Crippen MR) is 81.9 cm³/mol. The molecule has 1 fully saturated rings. The summed E-state index contributed by atoms with van der Waals surface area (Å²) in [5.74, 6) is 1.01. The Morgan fingerprint density at radius 3 is 3.09 bits per heavy atom. The summed E-state index contributed by atoms with van der Waals surface area (Å²) in [6, 6.07) is 7.47. The van der Waals surface area contributed by atoms with Crippen molar-refractivity contribution in [1.82, 2.24) is 20.2 Å². The third kappa shape index (κ3) is 3.40. The minimum atomic E-state index is 0.0259. The number of carbonyl (C=O) groups excluding carboxylic acids is 1. The van der Waals surface area contributed by atoms with E-state index in [1.165, 1.54) is 6.20 Å². The van der Waals surface area contributed by atoms with E-state index in [1.807, 2.05) is 11.0 Å². The molecule has 1 aliphatic heterocycles. The number of amides is 1. The van der Waals surface area contributed by atoms with Crippen LogP contribution in [0.4, 0.5) is 0 Å². The average Bonchev–Trinajstić information content (AvgIpc) is 2.55. The smallest absolute Gasteiger partial charge is 0.254 e. The van der Waals surface area contributed by atoms with Crippen LogP contribution in [0.25, 0.3) is 0 Å². The molecule has 0 spiro atoms. The molecule has 1 aliphatic rings. The first-order valence-electron chi connectivity index (χ1n) is 7.29. The van der Waals surface area contributed by atoms with Gasteiger partial charge in [-0.25, -0.2) is 4.98 Å². The van der Waals surface area contributed by atoms with Gasteiger partial charge < -0.3 is 15.0 Å². The molecule has 1 atom stereocenters. The van der Waals surface area contributed by atoms with Crippen molar-refractivity contribution in [2.75, 3.05) is 19.6 Å². The van der Waals surface area contributed by atoms with Gasteiger partial charge in [-0.3, -0.25) is 9.78 Å². The number of nitrogens with one attached hydrogen (secondary N) is 1. The van der Waals surface area contributed by atoms with Gasteiger partial charge >= 0.3 is 0 Å². The summed E-state index contributed by atoms with van der Waals surface area (Å²) in [4.78, 5) is 22.4. The average molecular weight is 298 g/mol. The third-order valence-electron chi connectivity index (χ3n) is 3.50. The molecule has 2 heterocycles. The maximum atomic E-state index is 12.6. The molecule has 114 valence electrons. The molecule has 1 N–H and O–H groups in total. The van der Waals surface area contributed by atoms with Crippen LogP contribution in [-0.4, -0.2) is 46.5 Å². The van der Waals surface area contributed by atoms with E-state index in [9.17, 15) is 4.79 Å². The summed E-state index contributed by atoms with van der Waals surface area (Å²) in [5, 5.41) is 3.33. The molecule has 2 aromatic rings. The maximum Gasteiger partial charge on any atom is 0.254 e. The molecule has 0 bridgehead atoms. The van der Waals surface area contributed by atoms with Crippen LogP contribution >= 0.6 is 0 Å². The highest BCUT2D eigenvalue weighted by Gasteiger charge is 2.21. The van der Waals surface area contributed by atoms with E-state index in [1.54, 1.807) is 30.6 Å². The molecule has 0 unspecified atom stereocenters. The fourth-order valence-electron chi connectivity index (χ4n) is 2.45. The highest BCUT2D eigenvalue weighted by Crippen LogP contribution is 2.20. The van der Waals surface area contributed by atoms with Crippen LogP contribution in [0.1, 0.15) is 17.3 Å². The number of ether oxygens (including phenoxy) is 1. The molecule has 6 nitrogen and oxygen atoms in total. The van der Waals surface area contributed by atoms with Crippen molar-refractivity contribution in [2.24, 2.45) is 0 Å². The molecular weight excluding hydrogens is 280 g/mol. The highest BCUT2D eigenvalue weighted by molar-refractivity contribution is 5.94. The van der Waals surface area contributed by atoms with Crippen LogP contribution in [-0.2, 0) is 0 Å². The molecule has 0 radical (unpaired) electrons. The number of aromatic nitrogens is 2. The van der Waals surface area contributed by atoms with Crippen molar-refractivity contribution >= 4 is 5.91 Å². The molecule has 1 amide bonds. The van der Waals surface area contributed by atoms with Crippen LogP contribution in [0, 0.1) is 0 Å². The van der Waals surface area contributed by atoms with E-state index < -0.39 is 0 Å². The highest BCUT2D eigenvalue weighted by atomic mass is 16.5. The number of carbonyl (C=O) groups is 1. The Morgan fingerprint density at radius 1 is 1.41 bits per heavy atom. The summed E-state index contributed by atoms with van der Waals surface area (Å²) >= 11 is 0. The molecule has 3 rings (SSSR count). The summed E-state index contributed by atoms with van der Waals surface area (Å²) in [6.45, 7) is 4.34. The number of benzene rings is 1. The largest absolute Gasteiger partial charge is 0.437 e. The number of nitrogens with zero attached hydrogens (tertiary/aromatic N) is 3. The van der Waals surface area contributed by atoms with E-state index in [0.717, 1.165) is 13.1 Å². The summed E-state index contributed by atoms with van der Waals surface area (Å²) in [7, 11) is 0. The monoisotopic (exact) mass is 298 g/mol. The molecule has 1 aromatic carbocycles. The van der Waals surface area contributed by atoms with Gasteiger partial charge in [-0.05, 0) is 25.1 Å². The normalized spacial score (nSPS) is 18.0. The zero-order valence-corrected chi connectivity index (χ0v) is 12.4. The van der Waals surface area contributed by atoms with Gasteiger partial charge in [0.1, 0.15) is 5.75 Å². The fourth-order valence-corrected chi connectivity index (χ4v) is 2.45. The van der Waals surface area contributed by atoms with Gasteiger partial charge in [0.05, 0.1) is 6.20 Å². The van der Waals surface area contributed by atoms with Crippen molar-refractivity contribution in [3.8, 4) is 11.6 Å². The van der Waals surface area contributed by atoms with Crippen LogP contribution in [0.3, 0.4) is 0 Å². The second-order valence-electron chi connectivity index (χ2n) is 5.28. The molecule has 6 heteroatoms. The van der Waals surface area contributed by atoms with Crippen molar-refractivity contribution < 1.29 is 9.53 Å². The lowest BCUT2D eigenvalue weighted by molar-refractivity contribution is 0.0709. The number of piperazine rings is 1. The predicted octanol–water partition coefficient (Wildman–Crippen LogP) is 1.70. The van der Waals surface area contributed by atoms with Crippen LogP contribution < -0.4 is 10.1 Å². The second kappa shape index (κ2) is 6.53. The topological polar surface area (TPSA) is 67.4 Å². The van der Waals surface area contributed by atoms with Crippen molar-refractivity contribution in [2.45, 2.75) is 13.0 Å². The molecule has 0 saturated carbocycles. The van der Waals surface area contributed by atoms with Gasteiger partial charge in [-0.1, -0.05) is 6.07 Å². The summed E-state index contributed by atoms with van der Waals surface area (Å²) in [6.07, 6.45) is 4.68. The quantitative estimate of drug-likeness (QED) is 0.934. The van der Waals surface area contributed by atoms with E-state index in [-0.39, 0.29) is 5.91 Å². The number of rotatable bonds is 3. The standard InChI is InChI=1S/C16H18N4O2/c1-12-11-20(8-7-18-12)16(21)13-3-2-4-14(9-13)22-15-10-17-5-6-19-15/h2-6,9-10,12,18H,7-8,11H2,1H3/t12-/m1/s1. The van der Waals surface area contributed by atoms with Gasteiger partial charge in [0.25, 0.3) is 5.91 Å². The Morgan fingerprint density at radius 2 is 2.32 bits per heavy atom. The van der Waals surface area contributed by atoms with E-state index in [4.69, 9.17) is 4.74 Å². The van der Waals surface area contributed by atoms with Crippen LogP contribution in [0.5, 0.6) is 11.6 Å². The summed E-state index contributed by atoms with van der Waals surface area (Å²) < 4.78 is 5.62. The molecule has 1 saturated heterocycles. The first-order valence-corrected chi connectivity index (χ1v) is 7.29. The maximum absolute atomic E-state index is 12.6. The lowest BCUT2D eigenvalue weighted by Crippen LogP contribution is -2.51. The number of hydrogen-bond donors (Lipinski definition) is 1. The number of hydrogen-bond acceptors (Lipinski definition) is 5. The van der Waals surface area contributed by atoms with Crippen molar-refractivity contribution in [3.63, 3.8) is 0 Å². The van der Waals surface area contributed by atoms with Crippen molar-refractivity contribution in [3.05, 3.63) is 48.4 Å². The van der Waals surface area contributed by atoms with Crippen molar-refractivity contribution in [1.29, 1.82) is 0 Å². The molecule has 22 heavy (non-hydrogen) atoms. The Labute approximate surface area is 129 Å². The SMILES string of the molecule is C[C@@H]1CN(C(=O)c2cccc(Oc3cnccn3)c2)CCN1. The summed E-state index contributed by atoms with van der Waals surface area (Å²) in [5.41, 5.74) is 0.621. The van der Waals surface area contributed by atoms with Gasteiger partial charge in [-0.15, -0.1) is 0 Å². The zero-order valence-electron chi connectivity index (χ0n) is 12.4. The minimum absolute atomic E-state index is 0.0259. The second-order valence-corrected chi connectivity index (χ2v) is 5.28. The van der Waals surface area contributed by atoms with E-state index in [0.29, 0.717) is 29.8 Å². The Hall–Kier alpha value is -2.47. The Balaban J connectivity index is 1.74. The van der Waals surface area contributed by atoms with E-state index in [2.05, 4.69) is 22.2 Å². The zero-order chi connectivity index (χ0) is 15.4. The first kappa shape index (κ1) is 14.5. The first-order chi connectivity index (χ1) is 10.7. The van der Waals surface area contributed by atoms with E-state index >= 15 is 0 Å². The fraction of sp³-hybridized carbons (Fsp3) is 0.312. The van der Waals surface area contributed by atoms with Gasteiger partial charge in [-0.2, -0.15) is 0 Å². The van der Waals surface area contributed by atoms with Gasteiger partial charge in [0.2, 0.25) is 5.88 Å².